The normalized spacial score (nSPS) is 9.38. The van der Waals surface area contributed by atoms with Crippen molar-refractivity contribution in [1.82, 2.24) is 0 Å². The molecule has 0 atom stereocenters. The molecule has 4 nitrogen and oxygen atoms in total. The smallest absolute Gasteiger partial charge is 0.265 e. The molecule has 2 rings (SSSR count). The van der Waals surface area contributed by atoms with Crippen molar-refractivity contribution in [2.45, 2.75) is 0 Å². The van der Waals surface area contributed by atoms with Gasteiger partial charge < -0.3 is 10.4 Å². The maximum Gasteiger partial charge on any atom is 0.265 e. The molecular weight excluding hydrogens is 308 g/mol. The van der Waals surface area contributed by atoms with E-state index in [1.165, 1.54) is 17.4 Å². The fourth-order valence-corrected chi connectivity index (χ4v) is 2.47. The third-order valence-electron chi connectivity index (χ3n) is 2.46. The Hall–Kier alpha value is -2.31. The summed E-state index contributed by atoms with van der Waals surface area (Å²) in [4.78, 5) is 13.3. The number of rotatable bonds is 2. The molecule has 104 valence electrons. The summed E-state index contributed by atoms with van der Waals surface area (Å²) in [5.74, 6) is 4.93. The number of aliphatic hydroxyl groups is 1. The van der Waals surface area contributed by atoms with Crippen molar-refractivity contribution in [3.63, 3.8) is 0 Å². The molecule has 0 fully saturated rings. The second kappa shape index (κ2) is 6.92. The van der Waals surface area contributed by atoms with Crippen LogP contribution in [0.5, 0.6) is 0 Å². The predicted octanol–water partition coefficient (Wildman–Crippen LogP) is 2.87. The van der Waals surface area contributed by atoms with Crippen LogP contribution in [0.2, 0.25) is 5.02 Å². The van der Waals surface area contributed by atoms with Gasteiger partial charge in [-0.2, -0.15) is 5.26 Å². The Morgan fingerprint density at radius 1 is 1.38 bits per heavy atom. The van der Waals surface area contributed by atoms with Crippen molar-refractivity contribution in [1.29, 1.82) is 5.26 Å². The van der Waals surface area contributed by atoms with Crippen LogP contribution in [-0.4, -0.2) is 17.6 Å². The fourth-order valence-electron chi connectivity index (χ4n) is 1.53. The summed E-state index contributed by atoms with van der Waals surface area (Å²) in [5.41, 5.74) is 0.799. The number of hydrogen-bond donors (Lipinski definition) is 2. The molecule has 0 aliphatic carbocycles. The molecule has 6 heteroatoms. The lowest BCUT2D eigenvalue weighted by molar-refractivity contribution is 0.103. The quantitative estimate of drug-likeness (QED) is 0.837. The summed E-state index contributed by atoms with van der Waals surface area (Å²) in [6, 6.07) is 9.98. The van der Waals surface area contributed by atoms with Crippen LogP contribution in [0.1, 0.15) is 20.1 Å². The zero-order valence-corrected chi connectivity index (χ0v) is 12.3. The van der Waals surface area contributed by atoms with E-state index in [9.17, 15) is 4.79 Å². The van der Waals surface area contributed by atoms with Crippen molar-refractivity contribution in [2.24, 2.45) is 0 Å². The Morgan fingerprint density at radius 2 is 2.19 bits per heavy atom. The Balaban J connectivity index is 2.18. The van der Waals surface area contributed by atoms with E-state index in [-0.39, 0.29) is 12.5 Å². The maximum absolute atomic E-state index is 12.1. The molecule has 0 unspecified atom stereocenters. The zero-order chi connectivity index (χ0) is 15.2. The lowest BCUT2D eigenvalue weighted by atomic mass is 10.2. The van der Waals surface area contributed by atoms with Gasteiger partial charge in [0.15, 0.2) is 0 Å². The summed E-state index contributed by atoms with van der Waals surface area (Å²) in [6.45, 7) is -0.226. The van der Waals surface area contributed by atoms with Crippen molar-refractivity contribution in [3.8, 4) is 17.9 Å². The lowest BCUT2D eigenvalue weighted by Crippen LogP contribution is -2.10. The molecule has 1 amide bonds. The lowest BCUT2D eigenvalue weighted by Gasteiger charge is -2.06. The van der Waals surface area contributed by atoms with Crippen molar-refractivity contribution >= 4 is 34.5 Å². The summed E-state index contributed by atoms with van der Waals surface area (Å²) in [7, 11) is 0. The topological polar surface area (TPSA) is 73.1 Å². The van der Waals surface area contributed by atoms with Gasteiger partial charge in [0.25, 0.3) is 5.91 Å². The summed E-state index contributed by atoms with van der Waals surface area (Å²) < 4.78 is 0. The minimum Gasteiger partial charge on any atom is -0.384 e. The second-order valence-electron chi connectivity index (χ2n) is 3.88. The van der Waals surface area contributed by atoms with Crippen LogP contribution in [0, 0.1) is 23.2 Å². The summed E-state index contributed by atoms with van der Waals surface area (Å²) in [6.07, 6.45) is 0. The maximum atomic E-state index is 12.1. The number of thiophene rings is 1. The zero-order valence-electron chi connectivity index (χ0n) is 10.7. The van der Waals surface area contributed by atoms with Gasteiger partial charge in [-0.3, -0.25) is 4.79 Å². The van der Waals surface area contributed by atoms with E-state index in [1.807, 2.05) is 6.07 Å². The first-order valence-corrected chi connectivity index (χ1v) is 7.04. The van der Waals surface area contributed by atoms with Crippen molar-refractivity contribution < 1.29 is 9.90 Å². The number of carbonyl (C=O) groups excluding carboxylic acids is 1. The number of nitriles is 1. The largest absolute Gasteiger partial charge is 0.384 e. The standard InChI is InChI=1S/C15H9ClN2O2S/c16-12-5-3-10(9-17)8-13(12)18-15(20)14-6-4-11(21-14)2-1-7-19/h3-6,8,19H,7H2,(H,18,20). The van der Waals surface area contributed by atoms with Gasteiger partial charge in [-0.05, 0) is 30.3 Å². The van der Waals surface area contributed by atoms with E-state index in [4.69, 9.17) is 22.0 Å². The molecule has 0 spiro atoms. The van der Waals surface area contributed by atoms with Crippen LogP contribution in [0.3, 0.4) is 0 Å². The van der Waals surface area contributed by atoms with Crippen LogP contribution in [0.4, 0.5) is 5.69 Å². The number of aliphatic hydroxyl groups excluding tert-OH is 1. The number of nitrogens with zero attached hydrogens (tertiary/aromatic N) is 1. The third-order valence-corrected chi connectivity index (χ3v) is 3.79. The first-order chi connectivity index (χ1) is 10.1. The molecule has 1 aromatic heterocycles. The molecule has 0 aliphatic rings. The number of benzene rings is 1. The van der Waals surface area contributed by atoms with E-state index < -0.39 is 0 Å². The number of carbonyl (C=O) groups is 1. The van der Waals surface area contributed by atoms with E-state index >= 15 is 0 Å². The first kappa shape index (κ1) is 15.1. The van der Waals surface area contributed by atoms with Crippen molar-refractivity contribution in [2.75, 3.05) is 11.9 Å². The highest BCUT2D eigenvalue weighted by atomic mass is 35.5. The predicted molar refractivity (Wildman–Crippen MR) is 82.4 cm³/mol. The molecule has 0 radical (unpaired) electrons. The Labute approximate surface area is 130 Å². The molecule has 0 saturated heterocycles. The third kappa shape index (κ3) is 3.84. The van der Waals surface area contributed by atoms with Gasteiger partial charge >= 0.3 is 0 Å². The van der Waals surface area contributed by atoms with Gasteiger partial charge in [0.05, 0.1) is 32.1 Å². The van der Waals surface area contributed by atoms with Gasteiger partial charge in [0.1, 0.15) is 6.61 Å². The van der Waals surface area contributed by atoms with Crippen LogP contribution < -0.4 is 5.32 Å². The monoisotopic (exact) mass is 316 g/mol. The SMILES string of the molecule is N#Cc1ccc(Cl)c(NC(=O)c2ccc(C#CCO)s2)c1. The summed E-state index contributed by atoms with van der Waals surface area (Å²) >= 11 is 7.20. The molecule has 2 aromatic rings. The average molecular weight is 317 g/mol. The van der Waals surface area contributed by atoms with Crippen LogP contribution >= 0.6 is 22.9 Å². The Bertz CT molecular complexity index is 781. The van der Waals surface area contributed by atoms with Crippen LogP contribution in [-0.2, 0) is 0 Å². The van der Waals surface area contributed by atoms with E-state index in [1.54, 1.807) is 24.3 Å². The Morgan fingerprint density at radius 3 is 2.90 bits per heavy atom. The minimum atomic E-state index is -0.325. The number of nitrogens with one attached hydrogen (secondary N) is 1. The minimum absolute atomic E-state index is 0.226. The van der Waals surface area contributed by atoms with Crippen molar-refractivity contribution in [3.05, 3.63) is 50.7 Å². The van der Waals surface area contributed by atoms with E-state index in [0.29, 0.717) is 26.0 Å². The van der Waals surface area contributed by atoms with Gasteiger partial charge in [-0.15, -0.1) is 11.3 Å². The van der Waals surface area contributed by atoms with E-state index in [2.05, 4.69) is 17.2 Å². The second-order valence-corrected chi connectivity index (χ2v) is 5.38. The molecule has 2 N–H and O–H groups in total. The van der Waals surface area contributed by atoms with Gasteiger partial charge in [0.2, 0.25) is 0 Å². The average Bonchev–Trinajstić information content (AvgIpc) is 2.96. The van der Waals surface area contributed by atoms with Gasteiger partial charge in [-0.1, -0.05) is 23.4 Å². The highest BCUT2D eigenvalue weighted by Crippen LogP contribution is 2.24. The Kier molecular flexibility index (Phi) is 4.97. The highest BCUT2D eigenvalue weighted by molar-refractivity contribution is 7.14. The number of anilines is 1. The molecule has 0 saturated carbocycles. The molecule has 1 aromatic carbocycles. The first-order valence-electron chi connectivity index (χ1n) is 5.84. The summed E-state index contributed by atoms with van der Waals surface area (Å²) in [5, 5.41) is 20.5. The molecule has 1 heterocycles. The fraction of sp³-hybridized carbons (Fsp3) is 0.0667. The van der Waals surface area contributed by atoms with Crippen LogP contribution in [0.25, 0.3) is 0 Å². The number of halogens is 1. The highest BCUT2D eigenvalue weighted by Gasteiger charge is 2.11. The molecule has 0 bridgehead atoms. The van der Waals surface area contributed by atoms with Crippen LogP contribution in [0.15, 0.2) is 30.3 Å². The van der Waals surface area contributed by atoms with Gasteiger partial charge in [0, 0.05) is 0 Å². The molecular formula is C15H9ClN2O2S. The number of amides is 1. The number of hydrogen-bond acceptors (Lipinski definition) is 4. The van der Waals surface area contributed by atoms with E-state index in [0.717, 1.165) is 0 Å². The molecule has 21 heavy (non-hydrogen) atoms. The molecule has 0 aliphatic heterocycles. The van der Waals surface area contributed by atoms with Gasteiger partial charge in [-0.25, -0.2) is 0 Å².